The Morgan fingerprint density at radius 3 is 2.60 bits per heavy atom. The Kier molecular flexibility index (Phi) is 4.83. The van der Waals surface area contributed by atoms with Gasteiger partial charge in [0.2, 0.25) is 6.23 Å². The van der Waals surface area contributed by atoms with E-state index in [2.05, 4.69) is 0 Å². The maximum Gasteiger partial charge on any atom is 0.213 e. The number of hydrogen-bond donors (Lipinski definition) is 0. The predicted molar refractivity (Wildman–Crippen MR) is 115 cm³/mol. The second kappa shape index (κ2) is 7.65. The highest BCUT2D eigenvalue weighted by atomic mass is 35.5. The molecular formula is C24H20ClFN2O2. The van der Waals surface area contributed by atoms with Crippen LogP contribution < -0.4 is 9.47 Å². The summed E-state index contributed by atoms with van der Waals surface area (Å²) in [6.45, 7) is 2.59. The highest BCUT2D eigenvalue weighted by molar-refractivity contribution is 6.30. The first kappa shape index (κ1) is 18.9. The first-order valence-corrected chi connectivity index (χ1v) is 10.3. The van der Waals surface area contributed by atoms with Crippen molar-refractivity contribution in [1.82, 2.24) is 5.01 Å². The molecule has 2 aliphatic heterocycles. The molecule has 0 N–H and O–H groups in total. The minimum atomic E-state index is -0.440. The van der Waals surface area contributed by atoms with Gasteiger partial charge in [-0.3, -0.25) is 0 Å². The minimum absolute atomic E-state index is 0.0101. The van der Waals surface area contributed by atoms with Crippen molar-refractivity contribution in [2.24, 2.45) is 5.10 Å². The maximum atomic E-state index is 13.5. The van der Waals surface area contributed by atoms with Gasteiger partial charge >= 0.3 is 0 Å². The van der Waals surface area contributed by atoms with Crippen molar-refractivity contribution in [3.63, 3.8) is 0 Å². The summed E-state index contributed by atoms with van der Waals surface area (Å²) in [6.07, 6.45) is 0.284. The quantitative estimate of drug-likeness (QED) is 0.508. The van der Waals surface area contributed by atoms with Gasteiger partial charge in [0.15, 0.2) is 0 Å². The van der Waals surface area contributed by atoms with Gasteiger partial charge in [-0.2, -0.15) is 5.10 Å². The van der Waals surface area contributed by atoms with E-state index in [0.717, 1.165) is 40.3 Å². The fourth-order valence-electron chi connectivity index (χ4n) is 3.99. The highest BCUT2D eigenvalue weighted by Gasteiger charge is 2.41. The van der Waals surface area contributed by atoms with Gasteiger partial charge in [0.1, 0.15) is 17.3 Å². The Morgan fingerprint density at radius 2 is 1.87 bits per heavy atom. The number of nitrogens with zero attached hydrogens (tertiary/aromatic N) is 2. The zero-order chi connectivity index (χ0) is 20.7. The number of benzene rings is 3. The summed E-state index contributed by atoms with van der Waals surface area (Å²) in [6, 6.07) is 20.0. The number of hydrazone groups is 1. The van der Waals surface area contributed by atoms with Gasteiger partial charge in [-0.25, -0.2) is 9.40 Å². The number of halogens is 2. The lowest BCUT2D eigenvalue weighted by Crippen LogP contribution is -2.33. The Morgan fingerprint density at radius 1 is 1.10 bits per heavy atom. The van der Waals surface area contributed by atoms with E-state index in [1.165, 1.54) is 12.1 Å². The summed E-state index contributed by atoms with van der Waals surface area (Å²) >= 11 is 6.27. The monoisotopic (exact) mass is 422 g/mol. The van der Waals surface area contributed by atoms with E-state index in [-0.39, 0.29) is 11.9 Å². The molecule has 0 fully saturated rings. The standard InChI is InChI=1S/C24H20ClFN2O2/c1-2-29-19-10-5-15(6-11-19)21-14-22-20-13-17(25)7-12-23(20)30-24(28(22)27-21)16-3-8-18(26)9-4-16/h3-13,22,24H,2,14H2,1H3/t22-,24-/m1/s1. The molecule has 3 aromatic carbocycles. The summed E-state index contributed by atoms with van der Waals surface area (Å²) in [5.41, 5.74) is 3.85. The Labute approximate surface area is 179 Å². The van der Waals surface area contributed by atoms with E-state index in [1.807, 2.05) is 54.4 Å². The molecule has 6 heteroatoms. The summed E-state index contributed by atoms with van der Waals surface area (Å²) in [5.74, 6) is 1.33. The van der Waals surface area contributed by atoms with Crippen LogP contribution in [0.2, 0.25) is 5.02 Å². The molecule has 0 amide bonds. The van der Waals surface area contributed by atoms with Crippen LogP contribution in [0.3, 0.4) is 0 Å². The molecule has 0 radical (unpaired) electrons. The predicted octanol–water partition coefficient (Wildman–Crippen LogP) is 6.12. The van der Waals surface area contributed by atoms with Crippen LogP contribution in [0.4, 0.5) is 4.39 Å². The molecule has 5 rings (SSSR count). The molecule has 2 heterocycles. The van der Waals surface area contributed by atoms with Crippen molar-refractivity contribution in [3.8, 4) is 11.5 Å². The van der Waals surface area contributed by atoms with Gasteiger partial charge in [0.05, 0.1) is 18.4 Å². The summed E-state index contributed by atoms with van der Waals surface area (Å²) < 4.78 is 25.3. The van der Waals surface area contributed by atoms with E-state index < -0.39 is 6.23 Å². The average molecular weight is 423 g/mol. The second-order valence-electron chi connectivity index (χ2n) is 7.31. The van der Waals surface area contributed by atoms with Crippen molar-refractivity contribution in [3.05, 3.63) is 94.3 Å². The molecule has 152 valence electrons. The smallest absolute Gasteiger partial charge is 0.213 e. The van der Waals surface area contributed by atoms with E-state index in [9.17, 15) is 4.39 Å². The summed E-state index contributed by atoms with van der Waals surface area (Å²) in [5, 5.41) is 7.53. The average Bonchev–Trinajstić information content (AvgIpc) is 3.21. The van der Waals surface area contributed by atoms with Crippen LogP contribution in [0.15, 0.2) is 71.8 Å². The Bertz CT molecular complexity index is 1100. The molecule has 0 spiro atoms. The molecule has 0 aromatic heterocycles. The first-order chi connectivity index (χ1) is 14.6. The van der Waals surface area contributed by atoms with Crippen LogP contribution in [0.1, 0.15) is 42.3 Å². The molecule has 0 saturated carbocycles. The van der Waals surface area contributed by atoms with Crippen LogP contribution in [0.25, 0.3) is 0 Å². The number of fused-ring (bicyclic) bond motifs is 3. The lowest BCUT2D eigenvalue weighted by atomic mass is 9.96. The van der Waals surface area contributed by atoms with Crippen molar-refractivity contribution >= 4 is 17.3 Å². The third-order valence-electron chi connectivity index (χ3n) is 5.41. The molecule has 0 bridgehead atoms. The van der Waals surface area contributed by atoms with Crippen LogP contribution in [-0.2, 0) is 0 Å². The normalized spacial score (nSPS) is 19.6. The van der Waals surface area contributed by atoms with E-state index in [1.54, 1.807) is 12.1 Å². The fraction of sp³-hybridized carbons (Fsp3) is 0.208. The third-order valence-corrected chi connectivity index (χ3v) is 5.64. The molecular weight excluding hydrogens is 403 g/mol. The van der Waals surface area contributed by atoms with E-state index >= 15 is 0 Å². The second-order valence-corrected chi connectivity index (χ2v) is 7.74. The lowest BCUT2D eigenvalue weighted by molar-refractivity contribution is -0.0190. The fourth-order valence-corrected chi connectivity index (χ4v) is 4.17. The van der Waals surface area contributed by atoms with Crippen LogP contribution >= 0.6 is 11.6 Å². The summed E-state index contributed by atoms with van der Waals surface area (Å²) in [4.78, 5) is 0. The minimum Gasteiger partial charge on any atom is -0.494 e. The molecule has 2 aliphatic rings. The zero-order valence-corrected chi connectivity index (χ0v) is 17.1. The first-order valence-electron chi connectivity index (χ1n) is 9.93. The van der Waals surface area contributed by atoms with Crippen LogP contribution in [-0.4, -0.2) is 17.3 Å². The van der Waals surface area contributed by atoms with Crippen molar-refractivity contribution in [2.45, 2.75) is 25.6 Å². The van der Waals surface area contributed by atoms with Crippen molar-refractivity contribution in [2.75, 3.05) is 6.61 Å². The van der Waals surface area contributed by atoms with Gasteiger partial charge in [-0.05, 0) is 67.1 Å². The van der Waals surface area contributed by atoms with E-state index in [0.29, 0.717) is 11.6 Å². The van der Waals surface area contributed by atoms with Gasteiger partial charge in [0, 0.05) is 22.6 Å². The van der Waals surface area contributed by atoms with Crippen molar-refractivity contribution in [1.29, 1.82) is 0 Å². The third kappa shape index (κ3) is 3.39. The number of rotatable bonds is 4. The largest absolute Gasteiger partial charge is 0.494 e. The SMILES string of the molecule is CCOc1ccc(C2=NN3[C@H](C2)c2cc(Cl)ccc2O[C@@H]3c2ccc(F)cc2)cc1. The summed E-state index contributed by atoms with van der Waals surface area (Å²) in [7, 11) is 0. The molecule has 0 saturated heterocycles. The van der Waals surface area contributed by atoms with Crippen molar-refractivity contribution < 1.29 is 13.9 Å². The van der Waals surface area contributed by atoms with Crippen LogP contribution in [0, 0.1) is 5.82 Å². The molecule has 0 unspecified atom stereocenters. The molecule has 4 nitrogen and oxygen atoms in total. The molecule has 30 heavy (non-hydrogen) atoms. The maximum absolute atomic E-state index is 13.5. The molecule has 3 aromatic rings. The van der Waals surface area contributed by atoms with Gasteiger partial charge in [0.25, 0.3) is 0 Å². The lowest BCUT2D eigenvalue weighted by Gasteiger charge is -2.38. The van der Waals surface area contributed by atoms with Crippen LogP contribution in [0.5, 0.6) is 11.5 Å². The van der Waals surface area contributed by atoms with Gasteiger partial charge < -0.3 is 9.47 Å². The van der Waals surface area contributed by atoms with Gasteiger partial charge in [-0.15, -0.1) is 0 Å². The zero-order valence-electron chi connectivity index (χ0n) is 16.4. The number of ether oxygens (including phenoxy) is 2. The molecule has 0 aliphatic carbocycles. The Hall–Kier alpha value is -3.05. The topological polar surface area (TPSA) is 34.1 Å². The van der Waals surface area contributed by atoms with Gasteiger partial charge in [-0.1, -0.05) is 23.7 Å². The van der Waals surface area contributed by atoms with E-state index in [4.69, 9.17) is 26.2 Å². The number of hydrogen-bond acceptors (Lipinski definition) is 4. The molecule has 2 atom stereocenters. The Balaban J connectivity index is 1.54. The highest BCUT2D eigenvalue weighted by Crippen LogP contribution is 2.48.